The number of amides is 1. The molecular weight excluding hydrogens is 356 g/mol. The number of aromatic nitrogens is 2. The van der Waals surface area contributed by atoms with Crippen LogP contribution in [0, 0.1) is 11.3 Å². The minimum atomic E-state index is -1.11. The Morgan fingerprint density at radius 2 is 1.96 bits per heavy atom. The molecule has 0 atom stereocenters. The van der Waals surface area contributed by atoms with E-state index in [0.29, 0.717) is 17.8 Å². The third kappa shape index (κ3) is 3.97. The molecule has 2 aromatic carbocycles. The Bertz CT molecular complexity index is 1050. The lowest BCUT2D eigenvalue weighted by atomic mass is 10.1. The topological polar surface area (TPSA) is 103 Å². The molecule has 1 aromatic heterocycles. The lowest BCUT2D eigenvalue weighted by Crippen LogP contribution is -2.40. The van der Waals surface area contributed by atoms with Crippen molar-refractivity contribution < 1.29 is 14.3 Å². The standard InChI is InChI=1S/C21H22N4O3/c1-21(2,20(23)26)28-13-18-17-10-15(11-22)6-9-19(17)25(24-18)12-14-4-7-16(27-3)8-5-14/h4-10H,12-13H2,1-3H3,(H2,23,26). The van der Waals surface area contributed by atoms with Gasteiger partial charge >= 0.3 is 0 Å². The highest BCUT2D eigenvalue weighted by atomic mass is 16.5. The second kappa shape index (κ2) is 7.71. The first-order chi connectivity index (χ1) is 13.3. The maximum atomic E-state index is 11.5. The quantitative estimate of drug-likeness (QED) is 0.681. The van der Waals surface area contributed by atoms with E-state index < -0.39 is 11.5 Å². The van der Waals surface area contributed by atoms with Gasteiger partial charge in [-0.15, -0.1) is 0 Å². The van der Waals surface area contributed by atoms with Crippen LogP contribution in [0.25, 0.3) is 10.9 Å². The lowest BCUT2D eigenvalue weighted by molar-refractivity contribution is -0.140. The third-order valence-electron chi connectivity index (χ3n) is 4.61. The summed E-state index contributed by atoms with van der Waals surface area (Å²) in [5, 5.41) is 14.7. The van der Waals surface area contributed by atoms with Gasteiger partial charge in [0.1, 0.15) is 11.4 Å². The van der Waals surface area contributed by atoms with Crippen molar-refractivity contribution in [1.82, 2.24) is 9.78 Å². The summed E-state index contributed by atoms with van der Waals surface area (Å²) in [7, 11) is 1.63. The number of primary amides is 1. The Morgan fingerprint density at radius 3 is 2.57 bits per heavy atom. The zero-order valence-electron chi connectivity index (χ0n) is 16.1. The molecule has 2 N–H and O–H groups in total. The molecule has 0 aliphatic carbocycles. The smallest absolute Gasteiger partial charge is 0.249 e. The highest BCUT2D eigenvalue weighted by molar-refractivity contribution is 5.84. The molecule has 0 saturated heterocycles. The molecule has 3 rings (SSSR count). The molecule has 7 heteroatoms. The van der Waals surface area contributed by atoms with Gasteiger partial charge in [0.25, 0.3) is 0 Å². The number of fused-ring (bicyclic) bond motifs is 1. The molecule has 7 nitrogen and oxygen atoms in total. The average molecular weight is 378 g/mol. The average Bonchev–Trinajstić information content (AvgIpc) is 3.03. The molecule has 3 aromatic rings. The largest absolute Gasteiger partial charge is 0.497 e. The van der Waals surface area contributed by atoms with E-state index in [0.717, 1.165) is 22.2 Å². The summed E-state index contributed by atoms with van der Waals surface area (Å²) in [5.74, 6) is 0.239. The SMILES string of the molecule is COc1ccc(Cn2nc(COC(C)(C)C(N)=O)c3cc(C#N)ccc32)cc1. The molecule has 0 unspecified atom stereocenters. The van der Waals surface area contributed by atoms with E-state index in [1.54, 1.807) is 33.1 Å². The van der Waals surface area contributed by atoms with E-state index in [4.69, 9.17) is 15.2 Å². The first kappa shape index (κ1) is 19.4. The Morgan fingerprint density at radius 1 is 1.25 bits per heavy atom. The number of hydrogen-bond donors (Lipinski definition) is 1. The number of nitrogens with zero attached hydrogens (tertiary/aromatic N) is 3. The Labute approximate surface area is 163 Å². The summed E-state index contributed by atoms with van der Waals surface area (Å²) in [6.45, 7) is 3.89. The number of hydrogen-bond acceptors (Lipinski definition) is 5. The van der Waals surface area contributed by atoms with Crippen molar-refractivity contribution in [3.8, 4) is 11.8 Å². The summed E-state index contributed by atoms with van der Waals surface area (Å²) >= 11 is 0. The second-order valence-electron chi connectivity index (χ2n) is 6.96. The Kier molecular flexibility index (Phi) is 5.34. The van der Waals surface area contributed by atoms with Gasteiger partial charge < -0.3 is 15.2 Å². The molecule has 0 aliphatic rings. The van der Waals surface area contributed by atoms with Gasteiger partial charge in [0.05, 0.1) is 43.1 Å². The van der Waals surface area contributed by atoms with E-state index in [-0.39, 0.29) is 6.61 Å². The molecule has 0 spiro atoms. The van der Waals surface area contributed by atoms with Crippen LogP contribution in [0.2, 0.25) is 0 Å². The molecule has 144 valence electrons. The van der Waals surface area contributed by atoms with Crippen molar-refractivity contribution >= 4 is 16.8 Å². The number of rotatable bonds is 7. The normalized spacial score (nSPS) is 11.4. The van der Waals surface area contributed by atoms with Gasteiger partial charge in [0.15, 0.2) is 0 Å². The molecule has 0 saturated carbocycles. The van der Waals surface area contributed by atoms with Crippen LogP contribution in [-0.4, -0.2) is 28.4 Å². The van der Waals surface area contributed by atoms with Crippen molar-refractivity contribution in [3.05, 3.63) is 59.3 Å². The highest BCUT2D eigenvalue weighted by Crippen LogP contribution is 2.24. The molecule has 28 heavy (non-hydrogen) atoms. The second-order valence-corrected chi connectivity index (χ2v) is 6.96. The van der Waals surface area contributed by atoms with Crippen molar-refractivity contribution in [3.63, 3.8) is 0 Å². The molecule has 0 fully saturated rings. The van der Waals surface area contributed by atoms with Crippen LogP contribution in [0.5, 0.6) is 5.75 Å². The minimum Gasteiger partial charge on any atom is -0.497 e. The van der Waals surface area contributed by atoms with Crippen LogP contribution in [0.4, 0.5) is 0 Å². The molecular formula is C21H22N4O3. The van der Waals surface area contributed by atoms with Crippen LogP contribution >= 0.6 is 0 Å². The first-order valence-electron chi connectivity index (χ1n) is 8.80. The van der Waals surface area contributed by atoms with Crippen molar-refractivity contribution in [2.75, 3.05) is 7.11 Å². The third-order valence-corrected chi connectivity index (χ3v) is 4.61. The van der Waals surface area contributed by atoms with Gasteiger partial charge in [-0.2, -0.15) is 10.4 Å². The van der Waals surface area contributed by atoms with Crippen LogP contribution in [0.15, 0.2) is 42.5 Å². The van der Waals surface area contributed by atoms with Crippen LogP contribution in [-0.2, 0) is 22.7 Å². The summed E-state index contributed by atoms with van der Waals surface area (Å²) in [6.07, 6.45) is 0. The van der Waals surface area contributed by atoms with Gasteiger partial charge in [0, 0.05) is 5.39 Å². The maximum absolute atomic E-state index is 11.5. The lowest BCUT2D eigenvalue weighted by Gasteiger charge is -2.20. The number of carbonyl (C=O) groups is 1. The number of carbonyl (C=O) groups excluding carboxylic acids is 1. The Balaban J connectivity index is 1.96. The number of ether oxygens (including phenoxy) is 2. The first-order valence-corrected chi connectivity index (χ1v) is 8.80. The number of nitriles is 1. The summed E-state index contributed by atoms with van der Waals surface area (Å²) in [5.41, 5.74) is 7.39. The van der Waals surface area contributed by atoms with Crippen molar-refractivity contribution in [1.29, 1.82) is 5.26 Å². The zero-order valence-corrected chi connectivity index (χ0v) is 16.1. The number of methoxy groups -OCH3 is 1. The monoisotopic (exact) mass is 378 g/mol. The van der Waals surface area contributed by atoms with Crippen molar-refractivity contribution in [2.24, 2.45) is 5.73 Å². The fraction of sp³-hybridized carbons (Fsp3) is 0.286. The highest BCUT2D eigenvalue weighted by Gasteiger charge is 2.26. The predicted octanol–water partition coefficient (Wildman–Crippen LogP) is 2.75. The fourth-order valence-electron chi connectivity index (χ4n) is 2.77. The molecule has 1 amide bonds. The van der Waals surface area contributed by atoms with Crippen LogP contribution < -0.4 is 10.5 Å². The molecule has 0 bridgehead atoms. The van der Waals surface area contributed by atoms with Crippen LogP contribution in [0.3, 0.4) is 0 Å². The van der Waals surface area contributed by atoms with Gasteiger partial charge in [0.2, 0.25) is 5.91 Å². The molecule has 1 heterocycles. The predicted molar refractivity (Wildman–Crippen MR) is 105 cm³/mol. The van der Waals surface area contributed by atoms with E-state index in [9.17, 15) is 10.1 Å². The van der Waals surface area contributed by atoms with Gasteiger partial charge in [-0.3, -0.25) is 9.48 Å². The van der Waals surface area contributed by atoms with E-state index in [1.165, 1.54) is 0 Å². The van der Waals surface area contributed by atoms with E-state index in [1.807, 2.05) is 35.0 Å². The Hall–Kier alpha value is -3.37. The van der Waals surface area contributed by atoms with Crippen LogP contribution in [0.1, 0.15) is 30.7 Å². The fourth-order valence-corrected chi connectivity index (χ4v) is 2.77. The number of benzene rings is 2. The van der Waals surface area contributed by atoms with E-state index in [2.05, 4.69) is 11.2 Å². The number of nitrogens with two attached hydrogens (primary N) is 1. The van der Waals surface area contributed by atoms with Gasteiger partial charge in [-0.05, 0) is 49.7 Å². The van der Waals surface area contributed by atoms with Gasteiger partial charge in [-0.1, -0.05) is 12.1 Å². The minimum absolute atomic E-state index is 0.108. The molecule has 0 radical (unpaired) electrons. The van der Waals surface area contributed by atoms with Crippen molar-refractivity contribution in [2.45, 2.75) is 32.6 Å². The summed E-state index contributed by atoms with van der Waals surface area (Å²) in [6, 6.07) is 15.3. The summed E-state index contributed by atoms with van der Waals surface area (Å²) in [4.78, 5) is 11.5. The summed E-state index contributed by atoms with van der Waals surface area (Å²) < 4.78 is 12.8. The van der Waals surface area contributed by atoms with E-state index >= 15 is 0 Å². The van der Waals surface area contributed by atoms with Gasteiger partial charge in [-0.25, -0.2) is 0 Å². The molecule has 0 aliphatic heterocycles. The maximum Gasteiger partial charge on any atom is 0.249 e. The zero-order chi connectivity index (χ0) is 20.3.